The van der Waals surface area contributed by atoms with E-state index in [1.165, 1.54) is 12.1 Å². The van der Waals surface area contributed by atoms with Crippen LogP contribution < -0.4 is 0 Å². The van der Waals surface area contributed by atoms with Crippen LogP contribution in [-0.2, 0) is 9.53 Å². The average molecular weight is 478 g/mol. The number of aliphatic hydroxyl groups excluding tert-OH is 1. The van der Waals surface area contributed by atoms with E-state index in [4.69, 9.17) is 27.9 Å². The lowest BCUT2D eigenvalue weighted by Crippen LogP contribution is -2.61. The molecule has 0 spiro atoms. The third-order valence-electron chi connectivity index (χ3n) is 6.37. The summed E-state index contributed by atoms with van der Waals surface area (Å²) in [6, 6.07) is 10.7. The minimum Gasteiger partial charge on any atom is -0.394 e. The van der Waals surface area contributed by atoms with E-state index in [2.05, 4.69) is 6.58 Å². The summed E-state index contributed by atoms with van der Waals surface area (Å²) in [5.74, 6) is -0.635. The highest BCUT2D eigenvalue weighted by Crippen LogP contribution is 2.50. The third kappa shape index (κ3) is 4.32. The van der Waals surface area contributed by atoms with Crippen LogP contribution >= 0.6 is 23.2 Å². The molecular weight excluding hydrogens is 452 g/mol. The molecule has 1 aliphatic heterocycles. The first-order valence-electron chi connectivity index (χ1n) is 10.7. The second-order valence-corrected chi connectivity index (χ2v) is 9.58. The van der Waals surface area contributed by atoms with E-state index in [1.54, 1.807) is 36.1 Å². The lowest BCUT2D eigenvalue weighted by Gasteiger charge is -2.51. The normalized spacial score (nSPS) is 26.8. The fourth-order valence-electron chi connectivity index (χ4n) is 4.62. The van der Waals surface area contributed by atoms with E-state index in [9.17, 15) is 14.3 Å². The van der Waals surface area contributed by atoms with Gasteiger partial charge in [0, 0.05) is 11.4 Å². The van der Waals surface area contributed by atoms with Crippen molar-refractivity contribution in [2.75, 3.05) is 6.61 Å². The summed E-state index contributed by atoms with van der Waals surface area (Å²) >= 11 is 12.2. The molecule has 0 bridgehead atoms. The van der Waals surface area contributed by atoms with Crippen LogP contribution in [0.4, 0.5) is 4.39 Å². The standard InChI is InChI=1S/C25H26Cl2FNO3/c1-3-11-25(2)24(31)29(21(14-30)15-7-8-15)22(16-9-10-19(27)20(28)13-16)23(32-25)17-5-4-6-18(26)12-17/h3-6,9-10,12-13,15,21-23,30H,1,7-8,11,14H2,2H3/t21?,22-,23-,25+/m1/s1. The van der Waals surface area contributed by atoms with Crippen molar-refractivity contribution in [3.63, 3.8) is 0 Å². The third-order valence-corrected chi connectivity index (χ3v) is 6.91. The minimum absolute atomic E-state index is 0.0000525. The van der Waals surface area contributed by atoms with Crippen molar-refractivity contribution in [3.8, 4) is 0 Å². The molecule has 1 N–H and O–H groups in total. The quantitative estimate of drug-likeness (QED) is 0.506. The van der Waals surface area contributed by atoms with Gasteiger partial charge in [-0.1, -0.05) is 47.5 Å². The minimum atomic E-state index is -1.18. The number of rotatable bonds is 7. The number of hydrogen-bond donors (Lipinski definition) is 1. The Morgan fingerprint density at radius 3 is 2.62 bits per heavy atom. The molecule has 4 rings (SSSR count). The van der Waals surface area contributed by atoms with Gasteiger partial charge in [0.2, 0.25) is 0 Å². The van der Waals surface area contributed by atoms with Crippen molar-refractivity contribution < 1.29 is 19.0 Å². The number of hydrogen-bond acceptors (Lipinski definition) is 3. The number of halogens is 3. The summed E-state index contributed by atoms with van der Waals surface area (Å²) in [6.45, 7) is 5.35. The smallest absolute Gasteiger partial charge is 0.255 e. The Bertz CT molecular complexity index is 1030. The number of amides is 1. The average Bonchev–Trinajstić information content (AvgIpc) is 3.59. The van der Waals surface area contributed by atoms with Crippen LogP contribution in [0.5, 0.6) is 0 Å². The predicted octanol–water partition coefficient (Wildman–Crippen LogP) is 5.88. The fraction of sp³-hybridized carbons (Fsp3) is 0.400. The van der Waals surface area contributed by atoms with Crippen LogP contribution in [0.1, 0.15) is 49.5 Å². The summed E-state index contributed by atoms with van der Waals surface area (Å²) < 4.78 is 21.0. The molecular formula is C25H26Cl2FNO3. The van der Waals surface area contributed by atoms with Gasteiger partial charge >= 0.3 is 0 Å². The molecule has 1 saturated carbocycles. The Kier molecular flexibility index (Phi) is 6.64. The van der Waals surface area contributed by atoms with Gasteiger partial charge < -0.3 is 14.7 Å². The molecule has 1 amide bonds. The topological polar surface area (TPSA) is 49.8 Å². The number of carbonyl (C=O) groups is 1. The highest BCUT2D eigenvalue weighted by atomic mass is 35.5. The zero-order valence-corrected chi connectivity index (χ0v) is 19.3. The summed E-state index contributed by atoms with van der Waals surface area (Å²) in [7, 11) is 0. The van der Waals surface area contributed by atoms with Crippen LogP contribution in [0.15, 0.2) is 55.1 Å². The van der Waals surface area contributed by atoms with Crippen molar-refractivity contribution in [1.82, 2.24) is 4.90 Å². The molecule has 2 aliphatic rings. The van der Waals surface area contributed by atoms with E-state index in [-0.39, 0.29) is 23.5 Å². The summed E-state index contributed by atoms with van der Waals surface area (Å²) in [4.78, 5) is 15.6. The Labute approximate surface area is 197 Å². The highest BCUT2D eigenvalue weighted by molar-refractivity contribution is 6.31. The second kappa shape index (κ2) is 9.14. The van der Waals surface area contributed by atoms with Crippen LogP contribution in [-0.4, -0.2) is 34.2 Å². The van der Waals surface area contributed by atoms with E-state index >= 15 is 0 Å². The lowest BCUT2D eigenvalue weighted by atomic mass is 9.85. The van der Waals surface area contributed by atoms with Crippen LogP contribution in [0.2, 0.25) is 10.0 Å². The second-order valence-electron chi connectivity index (χ2n) is 8.74. The van der Waals surface area contributed by atoms with Crippen molar-refractivity contribution in [2.24, 2.45) is 5.92 Å². The monoisotopic (exact) mass is 477 g/mol. The first kappa shape index (κ1) is 23.2. The number of carbonyl (C=O) groups excluding carboxylic acids is 1. The highest BCUT2D eigenvalue weighted by Gasteiger charge is 2.54. The molecule has 1 unspecified atom stereocenters. The number of ether oxygens (including phenoxy) is 1. The Morgan fingerprint density at radius 1 is 1.28 bits per heavy atom. The van der Waals surface area contributed by atoms with Gasteiger partial charge in [-0.3, -0.25) is 4.79 Å². The molecule has 4 nitrogen and oxygen atoms in total. The van der Waals surface area contributed by atoms with Crippen LogP contribution in [0, 0.1) is 11.7 Å². The first-order valence-corrected chi connectivity index (χ1v) is 11.5. The SMILES string of the molecule is C=CC[C@]1(C)O[C@H](c2cccc(Cl)c2)[C@@H](c2ccc(Cl)c(F)c2)N(C(CO)C2CC2)C1=O. The zero-order chi connectivity index (χ0) is 23.0. The molecule has 170 valence electrons. The fourth-order valence-corrected chi connectivity index (χ4v) is 4.94. The summed E-state index contributed by atoms with van der Waals surface area (Å²) in [6.07, 6.45) is 3.17. The van der Waals surface area contributed by atoms with Gasteiger partial charge in [0.25, 0.3) is 5.91 Å². The van der Waals surface area contributed by atoms with E-state index in [0.29, 0.717) is 17.0 Å². The molecule has 1 aliphatic carbocycles. The molecule has 7 heteroatoms. The van der Waals surface area contributed by atoms with Gasteiger partial charge in [0.1, 0.15) is 17.5 Å². The van der Waals surface area contributed by atoms with Gasteiger partial charge in [-0.05, 0) is 61.1 Å². The number of nitrogens with zero attached hydrogens (tertiary/aromatic N) is 1. The first-order chi connectivity index (χ1) is 15.3. The van der Waals surface area contributed by atoms with E-state index in [1.807, 2.05) is 12.1 Å². The van der Waals surface area contributed by atoms with Gasteiger partial charge in [-0.15, -0.1) is 6.58 Å². The van der Waals surface area contributed by atoms with Gasteiger partial charge in [-0.2, -0.15) is 0 Å². The van der Waals surface area contributed by atoms with Crippen molar-refractivity contribution in [2.45, 2.75) is 50.0 Å². The largest absolute Gasteiger partial charge is 0.394 e. The van der Waals surface area contributed by atoms with E-state index < -0.39 is 29.6 Å². The Hall–Kier alpha value is -1.92. The Balaban J connectivity index is 1.91. The maximum Gasteiger partial charge on any atom is 0.255 e. The number of benzene rings is 2. The van der Waals surface area contributed by atoms with Gasteiger partial charge in [0.05, 0.1) is 23.7 Å². The maximum absolute atomic E-state index is 14.5. The van der Waals surface area contributed by atoms with Crippen molar-refractivity contribution in [1.29, 1.82) is 0 Å². The van der Waals surface area contributed by atoms with Crippen molar-refractivity contribution >= 4 is 29.1 Å². The molecule has 2 aromatic rings. The lowest BCUT2D eigenvalue weighted by molar-refractivity contribution is -0.204. The predicted molar refractivity (Wildman–Crippen MR) is 123 cm³/mol. The molecule has 0 radical (unpaired) electrons. The van der Waals surface area contributed by atoms with Gasteiger partial charge in [-0.25, -0.2) is 4.39 Å². The molecule has 2 fully saturated rings. The summed E-state index contributed by atoms with van der Waals surface area (Å²) in [5.41, 5.74) is 0.126. The molecule has 1 heterocycles. The Morgan fingerprint density at radius 2 is 2.03 bits per heavy atom. The van der Waals surface area contributed by atoms with Crippen LogP contribution in [0.25, 0.3) is 0 Å². The van der Waals surface area contributed by atoms with E-state index in [0.717, 1.165) is 18.4 Å². The summed E-state index contributed by atoms with van der Waals surface area (Å²) in [5, 5.41) is 10.8. The molecule has 2 aromatic carbocycles. The number of aliphatic hydroxyl groups is 1. The molecule has 1 saturated heterocycles. The molecule has 0 aromatic heterocycles. The molecule has 32 heavy (non-hydrogen) atoms. The van der Waals surface area contributed by atoms with Crippen molar-refractivity contribution in [3.05, 3.63) is 82.1 Å². The van der Waals surface area contributed by atoms with Gasteiger partial charge in [0.15, 0.2) is 0 Å². The number of morpholine rings is 1. The molecule has 4 atom stereocenters. The van der Waals surface area contributed by atoms with Crippen LogP contribution in [0.3, 0.4) is 0 Å². The maximum atomic E-state index is 14.5. The zero-order valence-electron chi connectivity index (χ0n) is 17.8.